The minimum atomic E-state index is -0.892. The highest BCUT2D eigenvalue weighted by Crippen LogP contribution is 2.29. The molecule has 27 heavy (non-hydrogen) atoms. The highest BCUT2D eigenvalue weighted by Gasteiger charge is 2.43. The number of imide groups is 1. The summed E-state index contributed by atoms with van der Waals surface area (Å²) in [6.45, 7) is 5.37. The lowest BCUT2D eigenvalue weighted by Gasteiger charge is -2.19. The van der Waals surface area contributed by atoms with Gasteiger partial charge in [-0.25, -0.2) is 4.79 Å². The molecule has 8 nitrogen and oxygen atoms in total. The first-order valence-corrected chi connectivity index (χ1v) is 8.85. The summed E-state index contributed by atoms with van der Waals surface area (Å²) >= 11 is 0. The molecule has 1 aliphatic rings. The van der Waals surface area contributed by atoms with Crippen molar-refractivity contribution in [2.75, 3.05) is 20.8 Å². The molecule has 1 aromatic rings. The van der Waals surface area contributed by atoms with Gasteiger partial charge in [0.25, 0.3) is 5.91 Å². The fourth-order valence-corrected chi connectivity index (χ4v) is 2.99. The molecule has 0 bridgehead atoms. The molecule has 1 aromatic carbocycles. The van der Waals surface area contributed by atoms with Crippen molar-refractivity contribution in [3.05, 3.63) is 23.8 Å². The Morgan fingerprint density at radius 2 is 1.96 bits per heavy atom. The highest BCUT2D eigenvalue weighted by molar-refractivity contribution is 6.06. The Morgan fingerprint density at radius 3 is 2.52 bits per heavy atom. The fraction of sp³-hybridized carbons (Fsp3) is 0.526. The second-order valence-corrected chi connectivity index (χ2v) is 7.01. The van der Waals surface area contributed by atoms with E-state index in [4.69, 9.17) is 9.47 Å². The third-order valence-corrected chi connectivity index (χ3v) is 4.51. The number of hydrogen-bond donors (Lipinski definition) is 2. The lowest BCUT2D eigenvalue weighted by atomic mass is 10.1. The molecule has 2 rings (SSSR count). The van der Waals surface area contributed by atoms with Crippen LogP contribution < -0.4 is 20.1 Å². The van der Waals surface area contributed by atoms with Crippen LogP contribution in [0.25, 0.3) is 0 Å². The van der Waals surface area contributed by atoms with Crippen LogP contribution in [-0.4, -0.2) is 49.0 Å². The van der Waals surface area contributed by atoms with E-state index in [2.05, 4.69) is 10.6 Å². The second-order valence-electron chi connectivity index (χ2n) is 7.01. The van der Waals surface area contributed by atoms with Crippen LogP contribution >= 0.6 is 0 Å². The van der Waals surface area contributed by atoms with Gasteiger partial charge in [-0.3, -0.25) is 14.5 Å². The Hall–Kier alpha value is -2.77. The molecule has 4 amide bonds. The van der Waals surface area contributed by atoms with E-state index < -0.39 is 11.6 Å². The van der Waals surface area contributed by atoms with Gasteiger partial charge >= 0.3 is 6.03 Å². The van der Waals surface area contributed by atoms with E-state index in [9.17, 15) is 14.4 Å². The van der Waals surface area contributed by atoms with Crippen LogP contribution in [0.1, 0.15) is 45.2 Å². The summed E-state index contributed by atoms with van der Waals surface area (Å²) in [6.07, 6.45) is 0.594. The SMILES string of the molecule is COc1ccc(OC)c(C(C)NC(=O)CCCN2C(=O)NC(C)(C)C2=O)c1. The van der Waals surface area contributed by atoms with Gasteiger partial charge in [-0.05, 0) is 45.4 Å². The largest absolute Gasteiger partial charge is 0.497 e. The Kier molecular flexibility index (Phi) is 6.30. The molecular formula is C19H27N3O5. The maximum Gasteiger partial charge on any atom is 0.325 e. The number of benzene rings is 1. The molecule has 148 valence electrons. The van der Waals surface area contributed by atoms with E-state index >= 15 is 0 Å². The summed E-state index contributed by atoms with van der Waals surface area (Å²) in [5.41, 5.74) is -0.0856. The van der Waals surface area contributed by atoms with E-state index in [1.807, 2.05) is 13.0 Å². The number of nitrogens with zero attached hydrogens (tertiary/aromatic N) is 1. The summed E-state index contributed by atoms with van der Waals surface area (Å²) in [5, 5.41) is 5.53. The maximum absolute atomic E-state index is 12.3. The lowest BCUT2D eigenvalue weighted by Crippen LogP contribution is -2.40. The number of ether oxygens (including phenoxy) is 2. The first-order valence-electron chi connectivity index (χ1n) is 8.85. The molecule has 1 unspecified atom stereocenters. The zero-order chi connectivity index (χ0) is 20.2. The number of urea groups is 1. The van der Waals surface area contributed by atoms with Gasteiger partial charge in [-0.2, -0.15) is 0 Å². The van der Waals surface area contributed by atoms with Crippen LogP contribution in [0, 0.1) is 0 Å². The van der Waals surface area contributed by atoms with Crippen molar-refractivity contribution >= 4 is 17.8 Å². The fourth-order valence-electron chi connectivity index (χ4n) is 2.99. The number of amides is 4. The van der Waals surface area contributed by atoms with Crippen molar-refractivity contribution in [2.24, 2.45) is 0 Å². The molecular weight excluding hydrogens is 350 g/mol. The number of carbonyl (C=O) groups excluding carboxylic acids is 3. The van der Waals surface area contributed by atoms with E-state index in [-0.39, 0.29) is 30.8 Å². The maximum atomic E-state index is 12.3. The molecule has 1 saturated heterocycles. The third kappa shape index (κ3) is 4.69. The number of methoxy groups -OCH3 is 2. The van der Waals surface area contributed by atoms with Gasteiger partial charge in [0.15, 0.2) is 0 Å². The van der Waals surface area contributed by atoms with Crippen molar-refractivity contribution in [1.82, 2.24) is 15.5 Å². The second kappa shape index (κ2) is 8.28. The highest BCUT2D eigenvalue weighted by atomic mass is 16.5. The normalized spacial score (nSPS) is 16.7. The van der Waals surface area contributed by atoms with Gasteiger partial charge in [0, 0.05) is 18.5 Å². The van der Waals surface area contributed by atoms with Crippen molar-refractivity contribution in [1.29, 1.82) is 0 Å². The van der Waals surface area contributed by atoms with Gasteiger partial charge in [0.1, 0.15) is 17.0 Å². The molecule has 0 saturated carbocycles. The van der Waals surface area contributed by atoms with Crippen molar-refractivity contribution in [3.63, 3.8) is 0 Å². The average molecular weight is 377 g/mol. The molecule has 8 heteroatoms. The van der Waals surface area contributed by atoms with Crippen LogP contribution in [-0.2, 0) is 9.59 Å². The van der Waals surface area contributed by atoms with Gasteiger partial charge in [-0.1, -0.05) is 0 Å². The Balaban J connectivity index is 1.89. The van der Waals surface area contributed by atoms with Crippen LogP contribution in [0.4, 0.5) is 4.79 Å². The van der Waals surface area contributed by atoms with E-state index in [0.29, 0.717) is 17.9 Å². The number of nitrogens with one attached hydrogen (secondary N) is 2. The Labute approximate surface area is 159 Å². The van der Waals surface area contributed by atoms with Crippen LogP contribution in [0.5, 0.6) is 11.5 Å². The van der Waals surface area contributed by atoms with Gasteiger partial charge < -0.3 is 20.1 Å². The quantitative estimate of drug-likeness (QED) is 0.676. The first-order chi connectivity index (χ1) is 12.7. The summed E-state index contributed by atoms with van der Waals surface area (Å²) in [6, 6.07) is 4.70. The Morgan fingerprint density at radius 1 is 1.26 bits per heavy atom. The average Bonchev–Trinajstić information content (AvgIpc) is 2.82. The van der Waals surface area contributed by atoms with Gasteiger partial charge in [0.05, 0.1) is 20.3 Å². The predicted octanol–water partition coefficient (Wildman–Crippen LogP) is 1.99. The first kappa shape index (κ1) is 20.5. The zero-order valence-electron chi connectivity index (χ0n) is 16.4. The monoisotopic (exact) mass is 377 g/mol. The molecule has 0 radical (unpaired) electrons. The van der Waals surface area contributed by atoms with Crippen LogP contribution in [0.2, 0.25) is 0 Å². The lowest BCUT2D eigenvalue weighted by molar-refractivity contribution is -0.130. The topological polar surface area (TPSA) is 97.0 Å². The van der Waals surface area contributed by atoms with Crippen molar-refractivity contribution in [2.45, 2.75) is 45.2 Å². The minimum Gasteiger partial charge on any atom is -0.497 e. The third-order valence-electron chi connectivity index (χ3n) is 4.51. The Bertz CT molecular complexity index is 732. The standard InChI is InChI=1S/C19H27N3O5/c1-12(14-11-13(26-4)8-9-15(14)27-5)20-16(23)7-6-10-22-17(24)19(2,3)21-18(22)25/h8-9,11-12H,6-7,10H2,1-5H3,(H,20,23)(H,21,25). The molecule has 0 aliphatic carbocycles. The smallest absolute Gasteiger partial charge is 0.325 e. The summed E-state index contributed by atoms with van der Waals surface area (Å²) in [5.74, 6) is 0.888. The summed E-state index contributed by atoms with van der Waals surface area (Å²) < 4.78 is 10.6. The molecule has 1 heterocycles. The van der Waals surface area contributed by atoms with E-state index in [1.54, 1.807) is 40.2 Å². The molecule has 1 fully saturated rings. The van der Waals surface area contributed by atoms with E-state index in [1.165, 1.54) is 0 Å². The van der Waals surface area contributed by atoms with Gasteiger partial charge in [-0.15, -0.1) is 0 Å². The number of carbonyl (C=O) groups is 3. The molecule has 1 aliphatic heterocycles. The number of hydrogen-bond acceptors (Lipinski definition) is 5. The zero-order valence-corrected chi connectivity index (χ0v) is 16.4. The predicted molar refractivity (Wildman–Crippen MR) is 99.7 cm³/mol. The van der Waals surface area contributed by atoms with E-state index in [0.717, 1.165) is 10.5 Å². The van der Waals surface area contributed by atoms with Crippen molar-refractivity contribution < 1.29 is 23.9 Å². The van der Waals surface area contributed by atoms with Crippen LogP contribution in [0.15, 0.2) is 18.2 Å². The molecule has 0 aromatic heterocycles. The minimum absolute atomic E-state index is 0.168. The van der Waals surface area contributed by atoms with Crippen molar-refractivity contribution in [3.8, 4) is 11.5 Å². The summed E-state index contributed by atoms with van der Waals surface area (Å²) in [7, 11) is 3.14. The number of rotatable bonds is 8. The molecule has 2 N–H and O–H groups in total. The summed E-state index contributed by atoms with van der Waals surface area (Å²) in [4.78, 5) is 37.4. The van der Waals surface area contributed by atoms with Gasteiger partial charge in [0.2, 0.25) is 5.91 Å². The molecule has 0 spiro atoms. The van der Waals surface area contributed by atoms with Crippen LogP contribution in [0.3, 0.4) is 0 Å². The molecule has 1 atom stereocenters.